The standard InChI is InChI=1S/C13H23N3O/c1-3-7-14-9-13(17)16-8-6-11-4-5-12(10-16)15(11)2/h3,11-12,14H,1,4-10H2,2H3. The molecule has 0 aromatic rings. The van der Waals surface area contributed by atoms with Crippen LogP contribution in [0.15, 0.2) is 12.7 Å². The molecule has 0 aromatic carbocycles. The molecule has 1 amide bonds. The van der Waals surface area contributed by atoms with Crippen molar-refractivity contribution in [2.45, 2.75) is 31.3 Å². The first-order valence-corrected chi connectivity index (χ1v) is 6.53. The molecule has 0 radical (unpaired) electrons. The summed E-state index contributed by atoms with van der Waals surface area (Å²) in [6.07, 6.45) is 5.45. The molecule has 0 saturated carbocycles. The summed E-state index contributed by atoms with van der Waals surface area (Å²) in [5, 5.41) is 3.08. The quantitative estimate of drug-likeness (QED) is 0.570. The Morgan fingerprint density at radius 2 is 2.18 bits per heavy atom. The molecule has 2 unspecified atom stereocenters. The van der Waals surface area contributed by atoms with Gasteiger partial charge in [0.2, 0.25) is 5.91 Å². The fourth-order valence-electron chi connectivity index (χ4n) is 2.93. The molecule has 0 aromatic heterocycles. The number of carbonyl (C=O) groups excluding carboxylic acids is 1. The number of amides is 1. The minimum absolute atomic E-state index is 0.229. The first-order valence-electron chi connectivity index (χ1n) is 6.53. The number of hydrogen-bond donors (Lipinski definition) is 1. The lowest BCUT2D eigenvalue weighted by molar-refractivity contribution is -0.130. The fourth-order valence-corrected chi connectivity index (χ4v) is 2.93. The highest BCUT2D eigenvalue weighted by Crippen LogP contribution is 2.28. The van der Waals surface area contributed by atoms with Gasteiger partial charge in [-0.15, -0.1) is 6.58 Å². The second-order valence-electron chi connectivity index (χ2n) is 5.10. The summed E-state index contributed by atoms with van der Waals surface area (Å²) in [5.74, 6) is 0.229. The molecule has 2 saturated heterocycles. The highest BCUT2D eigenvalue weighted by molar-refractivity contribution is 5.78. The van der Waals surface area contributed by atoms with Crippen LogP contribution in [0, 0.1) is 0 Å². The van der Waals surface area contributed by atoms with Gasteiger partial charge in [-0.05, 0) is 26.3 Å². The van der Waals surface area contributed by atoms with Crippen LogP contribution in [0.1, 0.15) is 19.3 Å². The molecule has 17 heavy (non-hydrogen) atoms. The molecule has 2 aliphatic rings. The zero-order valence-corrected chi connectivity index (χ0v) is 10.7. The number of fused-ring (bicyclic) bond motifs is 2. The Morgan fingerprint density at radius 3 is 2.94 bits per heavy atom. The van der Waals surface area contributed by atoms with E-state index in [0.29, 0.717) is 25.2 Å². The van der Waals surface area contributed by atoms with Crippen molar-refractivity contribution in [2.24, 2.45) is 0 Å². The molecule has 2 heterocycles. The number of carbonyl (C=O) groups is 1. The van der Waals surface area contributed by atoms with Crippen LogP contribution in [0.25, 0.3) is 0 Å². The molecule has 0 aliphatic carbocycles. The molecular weight excluding hydrogens is 214 g/mol. The SMILES string of the molecule is C=CCNCC(=O)N1CCC2CCC(C1)N2C. The Bertz CT molecular complexity index is 292. The van der Waals surface area contributed by atoms with Gasteiger partial charge in [-0.25, -0.2) is 0 Å². The molecule has 96 valence electrons. The minimum atomic E-state index is 0.229. The summed E-state index contributed by atoms with van der Waals surface area (Å²) in [6, 6.07) is 1.27. The summed E-state index contributed by atoms with van der Waals surface area (Å²) >= 11 is 0. The predicted molar refractivity (Wildman–Crippen MR) is 68.8 cm³/mol. The van der Waals surface area contributed by atoms with Gasteiger partial charge in [0.05, 0.1) is 6.54 Å². The van der Waals surface area contributed by atoms with Crippen LogP contribution < -0.4 is 5.32 Å². The predicted octanol–water partition coefficient (Wildman–Crippen LogP) is 0.457. The second-order valence-corrected chi connectivity index (χ2v) is 5.10. The smallest absolute Gasteiger partial charge is 0.236 e. The van der Waals surface area contributed by atoms with Gasteiger partial charge in [0.1, 0.15) is 0 Å². The van der Waals surface area contributed by atoms with Gasteiger partial charge in [0, 0.05) is 31.7 Å². The maximum Gasteiger partial charge on any atom is 0.236 e. The van der Waals surface area contributed by atoms with Crippen molar-refractivity contribution in [1.29, 1.82) is 0 Å². The second kappa shape index (κ2) is 5.65. The number of hydrogen-bond acceptors (Lipinski definition) is 3. The van der Waals surface area contributed by atoms with Crippen molar-refractivity contribution >= 4 is 5.91 Å². The first kappa shape index (κ1) is 12.6. The zero-order valence-electron chi connectivity index (χ0n) is 10.7. The first-order chi connectivity index (χ1) is 8.22. The fraction of sp³-hybridized carbons (Fsp3) is 0.769. The highest BCUT2D eigenvalue weighted by atomic mass is 16.2. The Kier molecular flexibility index (Phi) is 4.18. The van der Waals surface area contributed by atoms with E-state index >= 15 is 0 Å². The van der Waals surface area contributed by atoms with E-state index in [0.717, 1.165) is 19.5 Å². The average molecular weight is 237 g/mol. The Hall–Kier alpha value is -0.870. The van der Waals surface area contributed by atoms with E-state index in [4.69, 9.17) is 0 Å². The molecular formula is C13H23N3O. The van der Waals surface area contributed by atoms with Crippen LogP contribution in [0.3, 0.4) is 0 Å². The van der Waals surface area contributed by atoms with Crippen LogP contribution in [-0.2, 0) is 4.79 Å². The van der Waals surface area contributed by atoms with E-state index in [1.54, 1.807) is 6.08 Å². The molecule has 2 bridgehead atoms. The van der Waals surface area contributed by atoms with E-state index in [1.165, 1.54) is 12.8 Å². The lowest BCUT2D eigenvalue weighted by Gasteiger charge is -2.25. The zero-order chi connectivity index (χ0) is 12.3. The number of nitrogens with zero attached hydrogens (tertiary/aromatic N) is 2. The average Bonchev–Trinajstić information content (AvgIpc) is 2.53. The van der Waals surface area contributed by atoms with Crippen LogP contribution in [-0.4, -0.2) is 61.0 Å². The molecule has 1 N–H and O–H groups in total. The van der Waals surface area contributed by atoms with Crippen LogP contribution in [0.5, 0.6) is 0 Å². The van der Waals surface area contributed by atoms with Gasteiger partial charge in [-0.1, -0.05) is 6.08 Å². The lowest BCUT2D eigenvalue weighted by atomic mass is 10.1. The Labute approximate surface area is 104 Å². The topological polar surface area (TPSA) is 35.6 Å². The third-order valence-corrected chi connectivity index (χ3v) is 4.07. The number of likely N-dealkylation sites (N-methyl/N-ethyl adjacent to an activating group) is 1. The Balaban J connectivity index is 1.85. The van der Waals surface area contributed by atoms with Crippen LogP contribution >= 0.6 is 0 Å². The summed E-state index contributed by atoms with van der Waals surface area (Å²) in [5.41, 5.74) is 0. The summed E-state index contributed by atoms with van der Waals surface area (Å²) in [7, 11) is 2.20. The van der Waals surface area contributed by atoms with Gasteiger partial charge in [-0.2, -0.15) is 0 Å². The molecule has 4 nitrogen and oxygen atoms in total. The highest BCUT2D eigenvalue weighted by Gasteiger charge is 2.35. The number of nitrogens with one attached hydrogen (secondary N) is 1. The Morgan fingerprint density at radius 1 is 1.41 bits per heavy atom. The van der Waals surface area contributed by atoms with Gasteiger partial charge >= 0.3 is 0 Å². The summed E-state index contributed by atoms with van der Waals surface area (Å²) in [4.78, 5) is 16.5. The normalized spacial score (nSPS) is 29.1. The maximum absolute atomic E-state index is 12.0. The molecule has 4 heteroatoms. The van der Waals surface area contributed by atoms with E-state index in [-0.39, 0.29) is 5.91 Å². The molecule has 2 rings (SSSR count). The van der Waals surface area contributed by atoms with Crippen molar-refractivity contribution in [1.82, 2.24) is 15.1 Å². The third kappa shape index (κ3) is 2.87. The molecule has 0 spiro atoms. The van der Waals surface area contributed by atoms with Gasteiger partial charge in [-0.3, -0.25) is 9.69 Å². The van der Waals surface area contributed by atoms with Crippen molar-refractivity contribution in [3.05, 3.63) is 12.7 Å². The number of likely N-dealkylation sites (tertiary alicyclic amines) is 1. The van der Waals surface area contributed by atoms with Gasteiger partial charge in [0.25, 0.3) is 0 Å². The minimum Gasteiger partial charge on any atom is -0.340 e. The van der Waals surface area contributed by atoms with Crippen molar-refractivity contribution in [3.8, 4) is 0 Å². The van der Waals surface area contributed by atoms with E-state index in [1.807, 2.05) is 4.90 Å². The third-order valence-electron chi connectivity index (χ3n) is 4.07. The van der Waals surface area contributed by atoms with E-state index < -0.39 is 0 Å². The van der Waals surface area contributed by atoms with Crippen LogP contribution in [0.2, 0.25) is 0 Å². The van der Waals surface area contributed by atoms with E-state index in [9.17, 15) is 4.79 Å². The van der Waals surface area contributed by atoms with Crippen molar-refractivity contribution in [3.63, 3.8) is 0 Å². The van der Waals surface area contributed by atoms with Crippen molar-refractivity contribution in [2.75, 3.05) is 33.2 Å². The van der Waals surface area contributed by atoms with Crippen molar-refractivity contribution < 1.29 is 4.79 Å². The van der Waals surface area contributed by atoms with Gasteiger partial charge in [0.15, 0.2) is 0 Å². The van der Waals surface area contributed by atoms with E-state index in [2.05, 4.69) is 23.8 Å². The molecule has 2 aliphatic heterocycles. The van der Waals surface area contributed by atoms with Crippen LogP contribution in [0.4, 0.5) is 0 Å². The summed E-state index contributed by atoms with van der Waals surface area (Å²) < 4.78 is 0. The van der Waals surface area contributed by atoms with Gasteiger partial charge < -0.3 is 10.2 Å². The maximum atomic E-state index is 12.0. The number of rotatable bonds is 4. The monoisotopic (exact) mass is 237 g/mol. The summed E-state index contributed by atoms with van der Waals surface area (Å²) in [6.45, 7) is 6.59. The molecule has 2 fully saturated rings. The lowest BCUT2D eigenvalue weighted by Crippen LogP contribution is -2.43. The molecule has 2 atom stereocenters. The largest absolute Gasteiger partial charge is 0.340 e.